The van der Waals surface area contributed by atoms with Crippen LogP contribution in [0.5, 0.6) is 0 Å². The Hall–Kier alpha value is -3.62. The number of aromatic amines is 1. The summed E-state index contributed by atoms with van der Waals surface area (Å²) in [6.07, 6.45) is 1.27. The summed E-state index contributed by atoms with van der Waals surface area (Å²) >= 11 is 0. The van der Waals surface area contributed by atoms with Gasteiger partial charge in [0.2, 0.25) is 0 Å². The van der Waals surface area contributed by atoms with Gasteiger partial charge in [-0.05, 0) is 31.0 Å². The molecule has 2 N–H and O–H groups in total. The molecule has 4 rings (SSSR count). The Bertz CT molecular complexity index is 1140. The zero-order valence-corrected chi connectivity index (χ0v) is 15.9. The smallest absolute Gasteiger partial charge is 0.326 e. The molecule has 9 nitrogen and oxygen atoms in total. The Balaban J connectivity index is 1.55. The summed E-state index contributed by atoms with van der Waals surface area (Å²) in [5, 5.41) is 14.0. The van der Waals surface area contributed by atoms with E-state index in [9.17, 15) is 19.7 Å². The Morgan fingerprint density at radius 3 is 2.62 bits per heavy atom. The molecule has 2 aromatic carbocycles. The second-order valence-corrected chi connectivity index (χ2v) is 7.08. The van der Waals surface area contributed by atoms with Crippen LogP contribution in [0, 0.1) is 10.1 Å². The highest BCUT2D eigenvalue weighted by molar-refractivity contribution is 6.00. The van der Waals surface area contributed by atoms with Crippen molar-refractivity contribution in [3.8, 4) is 0 Å². The lowest BCUT2D eigenvalue weighted by Gasteiger charge is -2.33. The van der Waals surface area contributed by atoms with E-state index >= 15 is 0 Å². The molecule has 9 heteroatoms. The number of piperidine rings is 1. The maximum Gasteiger partial charge on any atom is 0.326 e. The van der Waals surface area contributed by atoms with Crippen LogP contribution in [0.1, 0.15) is 29.2 Å². The third-order valence-electron chi connectivity index (χ3n) is 5.45. The third-order valence-corrected chi connectivity index (χ3v) is 5.45. The molecule has 0 spiro atoms. The van der Waals surface area contributed by atoms with E-state index in [1.54, 1.807) is 22.6 Å². The van der Waals surface area contributed by atoms with Gasteiger partial charge in [0, 0.05) is 44.0 Å². The van der Waals surface area contributed by atoms with Gasteiger partial charge in [-0.25, -0.2) is 4.79 Å². The van der Waals surface area contributed by atoms with Crippen LogP contribution < -0.4 is 11.0 Å². The monoisotopic (exact) mass is 395 g/mol. The summed E-state index contributed by atoms with van der Waals surface area (Å²) < 4.78 is 1.77. The van der Waals surface area contributed by atoms with Gasteiger partial charge in [-0.2, -0.15) is 0 Å². The Kier molecular flexibility index (Phi) is 4.79. The molecule has 0 radical (unpaired) electrons. The van der Waals surface area contributed by atoms with E-state index < -0.39 is 4.92 Å². The molecule has 1 amide bonds. The molecule has 0 aliphatic carbocycles. The van der Waals surface area contributed by atoms with Crippen molar-refractivity contribution in [2.45, 2.75) is 18.9 Å². The number of carbonyl (C=O) groups is 1. The van der Waals surface area contributed by atoms with Crippen molar-refractivity contribution in [1.29, 1.82) is 0 Å². The number of carbonyl (C=O) groups excluding carboxylic acids is 1. The number of likely N-dealkylation sites (tertiary alicyclic amines) is 1. The zero-order chi connectivity index (χ0) is 20.5. The number of hydrogen-bond acceptors (Lipinski definition) is 5. The number of nitrogens with one attached hydrogen (secondary N) is 2. The van der Waals surface area contributed by atoms with E-state index in [0.29, 0.717) is 31.6 Å². The van der Waals surface area contributed by atoms with Crippen molar-refractivity contribution < 1.29 is 9.72 Å². The summed E-state index contributed by atoms with van der Waals surface area (Å²) in [5.74, 6) is -0.247. The Labute approximate surface area is 166 Å². The second-order valence-electron chi connectivity index (χ2n) is 7.08. The minimum absolute atomic E-state index is 0.00317. The van der Waals surface area contributed by atoms with Crippen molar-refractivity contribution in [3.05, 3.63) is 68.6 Å². The number of amides is 1. The van der Waals surface area contributed by atoms with E-state index in [1.165, 1.54) is 12.1 Å². The highest BCUT2D eigenvalue weighted by atomic mass is 16.6. The number of non-ortho nitro benzene ring substituents is 1. The van der Waals surface area contributed by atoms with E-state index in [2.05, 4.69) is 10.3 Å². The molecule has 0 unspecified atom stereocenters. The molecular formula is C20H21N5O4. The number of hydrogen-bond donors (Lipinski definition) is 2. The van der Waals surface area contributed by atoms with Crippen molar-refractivity contribution in [2.75, 3.05) is 25.5 Å². The number of nitro groups is 1. The molecule has 0 saturated carbocycles. The molecular weight excluding hydrogens is 374 g/mol. The number of anilines is 1. The molecule has 0 bridgehead atoms. The lowest BCUT2D eigenvalue weighted by atomic mass is 10.0. The average Bonchev–Trinajstić information content (AvgIpc) is 3.08. The lowest BCUT2D eigenvalue weighted by molar-refractivity contribution is -0.384. The zero-order valence-electron chi connectivity index (χ0n) is 15.9. The predicted octanol–water partition coefficient (Wildman–Crippen LogP) is 2.76. The average molecular weight is 395 g/mol. The maximum absolute atomic E-state index is 13.0. The van der Waals surface area contributed by atoms with Gasteiger partial charge in [0.15, 0.2) is 0 Å². The Morgan fingerprint density at radius 1 is 1.21 bits per heavy atom. The first-order valence-electron chi connectivity index (χ1n) is 9.44. The quantitative estimate of drug-likeness (QED) is 0.521. The van der Waals surface area contributed by atoms with Crippen LogP contribution in [0.4, 0.5) is 11.4 Å². The minimum Gasteiger partial charge on any atom is -0.387 e. The van der Waals surface area contributed by atoms with Gasteiger partial charge in [-0.3, -0.25) is 19.5 Å². The van der Waals surface area contributed by atoms with Crippen molar-refractivity contribution >= 4 is 28.3 Å². The molecule has 1 fully saturated rings. The van der Waals surface area contributed by atoms with Gasteiger partial charge in [-0.15, -0.1) is 0 Å². The first-order chi connectivity index (χ1) is 14.0. The number of H-pyrrole nitrogens is 1. The van der Waals surface area contributed by atoms with Crippen molar-refractivity contribution in [2.24, 2.45) is 0 Å². The standard InChI is InChI=1S/C20H21N5O4/c1-21-16-7-6-14(25(28)29)12-15(16)19(26)23-10-8-13(9-11-23)24-18-5-3-2-4-17(18)22-20(24)27/h2-7,12-13,21H,8-11H2,1H3,(H,22,27). The number of para-hydroxylation sites is 2. The number of rotatable bonds is 4. The maximum atomic E-state index is 13.0. The first kappa shape index (κ1) is 18.7. The van der Waals surface area contributed by atoms with Gasteiger partial charge in [0.25, 0.3) is 11.6 Å². The van der Waals surface area contributed by atoms with E-state index in [1.807, 2.05) is 24.3 Å². The molecule has 1 saturated heterocycles. The van der Waals surface area contributed by atoms with Crippen LogP contribution in [0.2, 0.25) is 0 Å². The number of aromatic nitrogens is 2. The third kappa shape index (κ3) is 3.35. The first-order valence-corrected chi connectivity index (χ1v) is 9.44. The highest BCUT2D eigenvalue weighted by Gasteiger charge is 2.28. The SMILES string of the molecule is CNc1ccc([N+](=O)[O-])cc1C(=O)N1CCC(n2c(=O)[nH]c3ccccc32)CC1. The van der Waals surface area contributed by atoms with Crippen LogP contribution in [-0.4, -0.2) is 45.4 Å². The summed E-state index contributed by atoms with van der Waals surface area (Å²) in [6, 6.07) is 11.8. The molecule has 1 aromatic heterocycles. The number of nitrogens with zero attached hydrogens (tertiary/aromatic N) is 3. The second kappa shape index (κ2) is 7.42. The van der Waals surface area contributed by atoms with Gasteiger partial charge >= 0.3 is 5.69 Å². The summed E-state index contributed by atoms with van der Waals surface area (Å²) in [7, 11) is 1.67. The van der Waals surface area contributed by atoms with Gasteiger partial charge < -0.3 is 15.2 Å². The summed E-state index contributed by atoms with van der Waals surface area (Å²) in [6.45, 7) is 0.947. The van der Waals surface area contributed by atoms with E-state index in [-0.39, 0.29) is 28.9 Å². The molecule has 1 aliphatic heterocycles. The van der Waals surface area contributed by atoms with Crippen molar-refractivity contribution in [1.82, 2.24) is 14.5 Å². The summed E-state index contributed by atoms with van der Waals surface area (Å²) in [4.78, 5) is 40.6. The topological polar surface area (TPSA) is 113 Å². The number of nitro benzene ring substituents is 1. The Morgan fingerprint density at radius 2 is 1.93 bits per heavy atom. The fourth-order valence-electron chi connectivity index (χ4n) is 3.97. The number of fused-ring (bicyclic) bond motifs is 1. The molecule has 0 atom stereocenters. The van der Waals surface area contributed by atoms with Crippen LogP contribution in [0.3, 0.4) is 0 Å². The van der Waals surface area contributed by atoms with Crippen molar-refractivity contribution in [3.63, 3.8) is 0 Å². The molecule has 150 valence electrons. The molecule has 1 aliphatic rings. The number of benzene rings is 2. The minimum atomic E-state index is -0.508. The van der Waals surface area contributed by atoms with Gasteiger partial charge in [0.1, 0.15) is 0 Å². The van der Waals surface area contributed by atoms with E-state index in [0.717, 1.165) is 11.0 Å². The van der Waals surface area contributed by atoms with E-state index in [4.69, 9.17) is 0 Å². The molecule has 29 heavy (non-hydrogen) atoms. The fraction of sp³-hybridized carbons (Fsp3) is 0.300. The predicted molar refractivity (Wildman–Crippen MR) is 109 cm³/mol. The van der Waals surface area contributed by atoms with Gasteiger partial charge in [-0.1, -0.05) is 12.1 Å². The highest BCUT2D eigenvalue weighted by Crippen LogP contribution is 2.28. The van der Waals surface area contributed by atoms with Crippen LogP contribution in [0.15, 0.2) is 47.3 Å². The number of imidazole rings is 1. The normalized spacial score (nSPS) is 14.9. The van der Waals surface area contributed by atoms with Crippen LogP contribution in [-0.2, 0) is 0 Å². The van der Waals surface area contributed by atoms with Crippen LogP contribution >= 0.6 is 0 Å². The summed E-state index contributed by atoms with van der Waals surface area (Å²) in [5.41, 5.74) is 2.23. The fourth-order valence-corrected chi connectivity index (χ4v) is 3.97. The van der Waals surface area contributed by atoms with Gasteiger partial charge in [0.05, 0.1) is 21.5 Å². The van der Waals surface area contributed by atoms with Crippen LogP contribution in [0.25, 0.3) is 11.0 Å². The lowest BCUT2D eigenvalue weighted by Crippen LogP contribution is -2.40. The molecule has 2 heterocycles. The molecule has 3 aromatic rings. The largest absolute Gasteiger partial charge is 0.387 e.